The smallest absolute Gasteiger partial charge is 0.251 e. The summed E-state index contributed by atoms with van der Waals surface area (Å²) in [6.07, 6.45) is 1.73. The monoisotopic (exact) mass is 377 g/mol. The molecule has 1 amide bonds. The first kappa shape index (κ1) is 16.1. The zero-order chi connectivity index (χ0) is 16.4. The van der Waals surface area contributed by atoms with E-state index in [-0.39, 0.29) is 11.7 Å². The van der Waals surface area contributed by atoms with Crippen molar-refractivity contribution in [1.82, 2.24) is 5.32 Å². The van der Waals surface area contributed by atoms with E-state index in [1.807, 2.05) is 18.2 Å². The van der Waals surface area contributed by atoms with Gasteiger partial charge in [-0.25, -0.2) is 4.39 Å². The predicted octanol–water partition coefficient (Wildman–Crippen LogP) is 3.76. The molecule has 0 saturated heterocycles. The van der Waals surface area contributed by atoms with E-state index in [1.54, 1.807) is 0 Å². The van der Waals surface area contributed by atoms with Gasteiger partial charge in [0.05, 0.1) is 12.1 Å². The number of benzene rings is 2. The zero-order valence-corrected chi connectivity index (χ0v) is 14.0. The van der Waals surface area contributed by atoms with Crippen molar-refractivity contribution in [2.24, 2.45) is 0 Å². The van der Waals surface area contributed by atoms with E-state index in [1.165, 1.54) is 24.3 Å². The molecule has 0 aromatic heterocycles. The van der Waals surface area contributed by atoms with Crippen molar-refractivity contribution in [2.45, 2.75) is 31.4 Å². The van der Waals surface area contributed by atoms with E-state index in [0.29, 0.717) is 12.0 Å². The second kappa shape index (κ2) is 6.81. The van der Waals surface area contributed by atoms with E-state index < -0.39 is 12.1 Å². The molecule has 0 unspecified atom stereocenters. The average Bonchev–Trinajstić information content (AvgIpc) is 2.68. The number of carbonyl (C=O) groups excluding carboxylic acids is 1. The normalized spacial score (nSPS) is 20.5. The number of aryl methyl sites for hydroxylation is 1. The fraction of sp³-hybridized carbons (Fsp3) is 0.278. The van der Waals surface area contributed by atoms with Crippen LogP contribution in [0.2, 0.25) is 0 Å². The molecule has 0 radical (unpaired) electrons. The molecule has 0 saturated carbocycles. The number of hydrogen-bond acceptors (Lipinski definition) is 2. The average molecular weight is 378 g/mol. The Bertz CT molecular complexity index is 717. The SMILES string of the molecule is O=C(N[C@H]1c2cc(Br)ccc2CCC[C@@H]1O)c1ccc(F)cc1. The lowest BCUT2D eigenvalue weighted by Gasteiger charge is -2.24. The van der Waals surface area contributed by atoms with Crippen molar-refractivity contribution in [2.75, 3.05) is 0 Å². The highest BCUT2D eigenvalue weighted by Gasteiger charge is 2.28. The maximum absolute atomic E-state index is 13.0. The first-order valence-electron chi connectivity index (χ1n) is 7.57. The molecular weight excluding hydrogens is 361 g/mol. The number of rotatable bonds is 2. The van der Waals surface area contributed by atoms with Crippen LogP contribution in [-0.4, -0.2) is 17.1 Å². The summed E-state index contributed by atoms with van der Waals surface area (Å²) in [4.78, 5) is 12.4. The molecule has 2 aromatic carbocycles. The van der Waals surface area contributed by atoms with Crippen LogP contribution in [0.1, 0.15) is 40.4 Å². The van der Waals surface area contributed by atoms with Gasteiger partial charge >= 0.3 is 0 Å². The molecule has 0 bridgehead atoms. The number of hydrogen-bond donors (Lipinski definition) is 2. The van der Waals surface area contributed by atoms with E-state index in [9.17, 15) is 14.3 Å². The lowest BCUT2D eigenvalue weighted by molar-refractivity contribution is 0.0817. The predicted molar refractivity (Wildman–Crippen MR) is 89.7 cm³/mol. The molecule has 3 nitrogen and oxygen atoms in total. The minimum Gasteiger partial charge on any atom is -0.391 e. The Morgan fingerprint density at radius 3 is 2.70 bits per heavy atom. The molecule has 0 spiro atoms. The van der Waals surface area contributed by atoms with E-state index in [0.717, 1.165) is 28.4 Å². The van der Waals surface area contributed by atoms with Crippen LogP contribution >= 0.6 is 15.9 Å². The number of aliphatic hydroxyl groups excluding tert-OH is 1. The summed E-state index contributed by atoms with van der Waals surface area (Å²) in [7, 11) is 0. The number of halogens is 2. The zero-order valence-electron chi connectivity index (χ0n) is 12.4. The fourth-order valence-electron chi connectivity index (χ4n) is 2.96. The molecule has 2 aromatic rings. The highest BCUT2D eigenvalue weighted by atomic mass is 79.9. The molecule has 0 heterocycles. The van der Waals surface area contributed by atoms with Crippen molar-refractivity contribution in [1.29, 1.82) is 0 Å². The first-order chi connectivity index (χ1) is 11.0. The van der Waals surface area contributed by atoms with Crippen LogP contribution in [0.3, 0.4) is 0 Å². The third-order valence-corrected chi connectivity index (χ3v) is 4.66. The van der Waals surface area contributed by atoms with Crippen LogP contribution in [0.4, 0.5) is 4.39 Å². The Labute approximate surface area is 142 Å². The van der Waals surface area contributed by atoms with Gasteiger partial charge in [-0.05, 0) is 66.8 Å². The molecule has 3 rings (SSSR count). The van der Waals surface area contributed by atoms with Gasteiger partial charge < -0.3 is 10.4 Å². The number of nitrogens with one attached hydrogen (secondary N) is 1. The third kappa shape index (κ3) is 3.62. The molecule has 2 N–H and O–H groups in total. The van der Waals surface area contributed by atoms with Crippen LogP contribution < -0.4 is 5.32 Å². The summed E-state index contributed by atoms with van der Waals surface area (Å²) < 4.78 is 13.9. The highest BCUT2D eigenvalue weighted by molar-refractivity contribution is 9.10. The second-order valence-electron chi connectivity index (χ2n) is 5.76. The second-order valence-corrected chi connectivity index (χ2v) is 6.68. The van der Waals surface area contributed by atoms with Crippen molar-refractivity contribution in [3.63, 3.8) is 0 Å². The third-order valence-electron chi connectivity index (χ3n) is 4.17. The van der Waals surface area contributed by atoms with Gasteiger partial charge in [0, 0.05) is 10.0 Å². The lowest BCUT2D eigenvalue weighted by Crippen LogP contribution is -2.36. The maximum atomic E-state index is 13.0. The molecule has 0 fully saturated rings. The Hall–Kier alpha value is -1.72. The minimum atomic E-state index is -0.644. The molecule has 2 atom stereocenters. The molecule has 5 heteroatoms. The Morgan fingerprint density at radius 1 is 1.22 bits per heavy atom. The van der Waals surface area contributed by atoms with Gasteiger partial charge in [-0.1, -0.05) is 22.0 Å². The lowest BCUT2D eigenvalue weighted by atomic mass is 9.97. The maximum Gasteiger partial charge on any atom is 0.251 e. The van der Waals surface area contributed by atoms with Crippen LogP contribution in [-0.2, 0) is 6.42 Å². The van der Waals surface area contributed by atoms with Gasteiger partial charge in [-0.2, -0.15) is 0 Å². The van der Waals surface area contributed by atoms with Gasteiger partial charge in [0.15, 0.2) is 0 Å². The van der Waals surface area contributed by atoms with Crippen molar-refractivity contribution in [3.05, 3.63) is 69.4 Å². The quantitative estimate of drug-likeness (QED) is 0.782. The molecular formula is C18H17BrFNO2. The highest BCUT2D eigenvalue weighted by Crippen LogP contribution is 2.31. The molecule has 1 aliphatic carbocycles. The number of aliphatic hydroxyl groups is 1. The first-order valence-corrected chi connectivity index (χ1v) is 8.37. The van der Waals surface area contributed by atoms with Crippen LogP contribution in [0.5, 0.6) is 0 Å². The molecule has 0 aliphatic heterocycles. The van der Waals surface area contributed by atoms with Crippen molar-refractivity contribution in [3.8, 4) is 0 Å². The van der Waals surface area contributed by atoms with Crippen LogP contribution in [0.25, 0.3) is 0 Å². The molecule has 1 aliphatic rings. The number of amides is 1. The molecule has 23 heavy (non-hydrogen) atoms. The summed E-state index contributed by atoms with van der Waals surface area (Å²) >= 11 is 3.45. The minimum absolute atomic E-state index is 0.318. The molecule has 120 valence electrons. The largest absolute Gasteiger partial charge is 0.391 e. The summed E-state index contributed by atoms with van der Waals surface area (Å²) in [6.45, 7) is 0. The summed E-state index contributed by atoms with van der Waals surface area (Å²) in [5, 5.41) is 13.3. The summed E-state index contributed by atoms with van der Waals surface area (Å²) in [5.41, 5.74) is 2.44. The number of carbonyl (C=O) groups is 1. The van der Waals surface area contributed by atoms with Gasteiger partial charge in [-0.3, -0.25) is 4.79 Å². The standard InChI is InChI=1S/C18H17BrFNO2/c19-13-7-4-11-2-1-3-16(22)17(15(11)10-13)21-18(23)12-5-8-14(20)9-6-12/h4-10,16-17,22H,1-3H2,(H,21,23)/t16-,17-/m0/s1. The van der Waals surface area contributed by atoms with E-state index >= 15 is 0 Å². The van der Waals surface area contributed by atoms with Gasteiger partial charge in [0.2, 0.25) is 0 Å². The number of fused-ring (bicyclic) bond motifs is 1. The van der Waals surface area contributed by atoms with Crippen molar-refractivity contribution < 1.29 is 14.3 Å². The summed E-state index contributed by atoms with van der Waals surface area (Å²) in [5.74, 6) is -0.702. The van der Waals surface area contributed by atoms with Crippen LogP contribution in [0.15, 0.2) is 46.9 Å². The van der Waals surface area contributed by atoms with Gasteiger partial charge in [-0.15, -0.1) is 0 Å². The van der Waals surface area contributed by atoms with E-state index in [2.05, 4.69) is 21.2 Å². The van der Waals surface area contributed by atoms with Gasteiger partial charge in [0.1, 0.15) is 5.82 Å². The van der Waals surface area contributed by atoms with Gasteiger partial charge in [0.25, 0.3) is 5.91 Å². The van der Waals surface area contributed by atoms with E-state index in [4.69, 9.17) is 0 Å². The Balaban J connectivity index is 1.89. The Morgan fingerprint density at radius 2 is 1.96 bits per heavy atom. The van der Waals surface area contributed by atoms with Crippen LogP contribution in [0, 0.1) is 5.82 Å². The topological polar surface area (TPSA) is 49.3 Å². The van der Waals surface area contributed by atoms with Crippen molar-refractivity contribution >= 4 is 21.8 Å². The Kier molecular flexibility index (Phi) is 4.78. The fourth-order valence-corrected chi connectivity index (χ4v) is 3.34. The summed E-state index contributed by atoms with van der Waals surface area (Å²) in [6, 6.07) is 10.9.